The molecule has 0 amide bonds. The maximum atomic E-state index is 12.7. The number of nitro benzene ring substituents is 1. The van der Waals surface area contributed by atoms with Crippen molar-refractivity contribution < 1.29 is 23.6 Å². The van der Waals surface area contributed by atoms with Gasteiger partial charge >= 0.3 is 0 Å². The minimum absolute atomic E-state index is 0.0691. The smallest absolute Gasteiger partial charge is 0.280 e. The number of hydrogen-bond acceptors (Lipinski definition) is 7. The molecule has 0 bridgehead atoms. The highest BCUT2D eigenvalue weighted by Crippen LogP contribution is 2.36. The van der Waals surface area contributed by atoms with Gasteiger partial charge in [0.1, 0.15) is 5.75 Å². The van der Waals surface area contributed by atoms with Crippen LogP contribution in [0.15, 0.2) is 41.3 Å². The standard InChI is InChI=1S/C17H15N3O6S/c1-9-3-6-15(21)17(18-9)19-27(25,26)11-4-5-12-10(2)16(22)8-14(20(23)24)13(12)7-11/h3-8,21-22H,1-2H3,(H,18,19). The van der Waals surface area contributed by atoms with Crippen LogP contribution in [0.1, 0.15) is 11.3 Å². The van der Waals surface area contributed by atoms with Gasteiger partial charge in [0.15, 0.2) is 11.6 Å². The van der Waals surface area contributed by atoms with Crippen LogP contribution < -0.4 is 4.72 Å². The van der Waals surface area contributed by atoms with E-state index in [2.05, 4.69) is 9.71 Å². The number of nitro groups is 1. The van der Waals surface area contributed by atoms with Gasteiger partial charge < -0.3 is 10.2 Å². The Bertz CT molecular complexity index is 1190. The van der Waals surface area contributed by atoms with Gasteiger partial charge in [0.25, 0.3) is 15.7 Å². The maximum absolute atomic E-state index is 12.7. The highest BCUT2D eigenvalue weighted by molar-refractivity contribution is 7.92. The van der Waals surface area contributed by atoms with E-state index in [-0.39, 0.29) is 27.6 Å². The predicted octanol–water partition coefficient (Wildman–Crippen LogP) is 2.97. The second-order valence-corrected chi connectivity index (χ2v) is 7.61. The van der Waals surface area contributed by atoms with Gasteiger partial charge in [-0.15, -0.1) is 0 Å². The Morgan fingerprint density at radius 2 is 1.74 bits per heavy atom. The lowest BCUT2D eigenvalue weighted by Gasteiger charge is -2.11. The Labute approximate surface area is 154 Å². The average molecular weight is 389 g/mol. The van der Waals surface area contributed by atoms with Crippen molar-refractivity contribution in [2.45, 2.75) is 18.7 Å². The summed E-state index contributed by atoms with van der Waals surface area (Å²) in [4.78, 5) is 14.3. The number of phenols is 1. The third-order valence-electron chi connectivity index (χ3n) is 4.08. The second kappa shape index (κ2) is 6.40. The minimum atomic E-state index is -4.17. The molecule has 140 valence electrons. The predicted molar refractivity (Wildman–Crippen MR) is 98.5 cm³/mol. The first kappa shape index (κ1) is 18.4. The number of nitrogens with zero attached hydrogens (tertiary/aromatic N) is 2. The third kappa shape index (κ3) is 3.34. The van der Waals surface area contributed by atoms with Crippen LogP contribution in [0.4, 0.5) is 11.5 Å². The van der Waals surface area contributed by atoms with Crippen LogP contribution in [0.2, 0.25) is 0 Å². The number of aryl methyl sites for hydroxylation is 2. The summed E-state index contributed by atoms with van der Waals surface area (Å²) in [6.45, 7) is 3.20. The van der Waals surface area contributed by atoms with Gasteiger partial charge in [-0.3, -0.25) is 14.8 Å². The molecule has 2 aromatic carbocycles. The SMILES string of the molecule is Cc1ccc(O)c(NS(=O)(=O)c2ccc3c(C)c(O)cc([N+](=O)[O-])c3c2)n1. The van der Waals surface area contributed by atoms with Crippen LogP contribution in [0.5, 0.6) is 11.5 Å². The van der Waals surface area contributed by atoms with E-state index in [0.29, 0.717) is 16.6 Å². The second-order valence-electron chi connectivity index (χ2n) is 5.93. The van der Waals surface area contributed by atoms with Gasteiger partial charge in [-0.05, 0) is 49.1 Å². The summed E-state index contributed by atoms with van der Waals surface area (Å²) in [5.41, 5.74) is 0.470. The molecule has 0 aliphatic heterocycles. The van der Waals surface area contributed by atoms with Crippen LogP contribution in [-0.2, 0) is 10.0 Å². The first-order valence-corrected chi connectivity index (χ1v) is 9.18. The topological polar surface area (TPSA) is 143 Å². The van der Waals surface area contributed by atoms with Gasteiger partial charge in [-0.1, -0.05) is 6.07 Å². The first-order valence-electron chi connectivity index (χ1n) is 7.70. The van der Waals surface area contributed by atoms with E-state index in [1.807, 2.05) is 0 Å². The number of rotatable bonds is 4. The molecule has 3 N–H and O–H groups in total. The average Bonchev–Trinajstić information content (AvgIpc) is 2.60. The van der Waals surface area contributed by atoms with Crippen LogP contribution >= 0.6 is 0 Å². The van der Waals surface area contributed by atoms with E-state index in [1.54, 1.807) is 13.8 Å². The van der Waals surface area contributed by atoms with E-state index in [0.717, 1.165) is 12.1 Å². The molecule has 0 saturated heterocycles. The lowest BCUT2D eigenvalue weighted by Crippen LogP contribution is -2.14. The van der Waals surface area contributed by atoms with Gasteiger partial charge in [-0.2, -0.15) is 0 Å². The van der Waals surface area contributed by atoms with Crippen molar-refractivity contribution in [2.24, 2.45) is 0 Å². The number of phenolic OH excluding ortho intramolecular Hbond substituents is 1. The largest absolute Gasteiger partial charge is 0.507 e. The fraction of sp³-hybridized carbons (Fsp3) is 0.118. The molecule has 9 nitrogen and oxygen atoms in total. The number of anilines is 1. The molecule has 0 saturated carbocycles. The van der Waals surface area contributed by atoms with E-state index >= 15 is 0 Å². The van der Waals surface area contributed by atoms with Crippen LogP contribution in [0.3, 0.4) is 0 Å². The van der Waals surface area contributed by atoms with E-state index in [9.17, 15) is 28.7 Å². The van der Waals surface area contributed by atoms with Gasteiger partial charge in [0.2, 0.25) is 0 Å². The number of nitrogens with one attached hydrogen (secondary N) is 1. The van der Waals surface area contributed by atoms with Crippen molar-refractivity contribution in [2.75, 3.05) is 4.72 Å². The molecule has 27 heavy (non-hydrogen) atoms. The molecule has 0 spiro atoms. The number of non-ortho nitro benzene ring substituents is 1. The van der Waals surface area contributed by atoms with Crippen molar-refractivity contribution in [3.8, 4) is 11.5 Å². The summed E-state index contributed by atoms with van der Waals surface area (Å²) in [7, 11) is -4.17. The van der Waals surface area contributed by atoms with Crippen molar-refractivity contribution in [3.05, 3.63) is 57.8 Å². The van der Waals surface area contributed by atoms with Crippen molar-refractivity contribution in [3.63, 3.8) is 0 Å². The maximum Gasteiger partial charge on any atom is 0.280 e. The number of hydrogen-bond donors (Lipinski definition) is 3. The number of aromatic hydroxyl groups is 2. The molecule has 0 atom stereocenters. The number of fused-ring (bicyclic) bond motifs is 1. The third-order valence-corrected chi connectivity index (χ3v) is 5.42. The Hall–Kier alpha value is -3.40. The summed E-state index contributed by atoms with van der Waals surface area (Å²) < 4.78 is 27.5. The molecule has 0 aliphatic carbocycles. The summed E-state index contributed by atoms with van der Waals surface area (Å²) in [5, 5.41) is 31.4. The van der Waals surface area contributed by atoms with E-state index in [1.165, 1.54) is 24.3 Å². The molecule has 0 aliphatic rings. The van der Waals surface area contributed by atoms with E-state index < -0.39 is 20.6 Å². The molecular weight excluding hydrogens is 374 g/mol. The normalized spacial score (nSPS) is 11.5. The minimum Gasteiger partial charge on any atom is -0.507 e. The first-order chi connectivity index (χ1) is 12.6. The molecule has 10 heteroatoms. The molecule has 1 heterocycles. The van der Waals surface area contributed by atoms with Crippen molar-refractivity contribution in [1.82, 2.24) is 4.98 Å². The van der Waals surface area contributed by atoms with Gasteiger partial charge in [0.05, 0.1) is 21.3 Å². The van der Waals surface area contributed by atoms with Crippen LogP contribution in [0, 0.1) is 24.0 Å². The Balaban J connectivity index is 2.16. The van der Waals surface area contributed by atoms with Crippen molar-refractivity contribution >= 4 is 32.3 Å². The lowest BCUT2D eigenvalue weighted by molar-refractivity contribution is -0.383. The van der Waals surface area contributed by atoms with Gasteiger partial charge in [0, 0.05) is 5.69 Å². The Kier molecular flexibility index (Phi) is 4.36. The summed E-state index contributed by atoms with van der Waals surface area (Å²) in [6, 6.07) is 7.59. The molecule has 0 radical (unpaired) electrons. The highest BCUT2D eigenvalue weighted by atomic mass is 32.2. The molecule has 1 aromatic heterocycles. The number of pyridine rings is 1. The zero-order valence-corrected chi connectivity index (χ0v) is 15.1. The Morgan fingerprint density at radius 1 is 1.04 bits per heavy atom. The quantitative estimate of drug-likeness (QED) is 0.460. The number of sulfonamides is 1. The number of aromatic nitrogens is 1. The summed E-state index contributed by atoms with van der Waals surface area (Å²) in [5.74, 6) is -0.847. The molecule has 0 unspecified atom stereocenters. The van der Waals surface area contributed by atoms with Crippen LogP contribution in [0.25, 0.3) is 10.8 Å². The zero-order valence-electron chi connectivity index (χ0n) is 14.3. The molecular formula is C17H15N3O6S. The summed E-state index contributed by atoms with van der Waals surface area (Å²) >= 11 is 0. The highest BCUT2D eigenvalue weighted by Gasteiger charge is 2.22. The molecule has 3 aromatic rings. The van der Waals surface area contributed by atoms with Gasteiger partial charge in [-0.25, -0.2) is 13.4 Å². The summed E-state index contributed by atoms with van der Waals surface area (Å²) in [6.07, 6.45) is 0. The molecule has 3 rings (SSSR count). The fourth-order valence-electron chi connectivity index (χ4n) is 2.64. The lowest BCUT2D eigenvalue weighted by atomic mass is 10.0. The number of benzene rings is 2. The van der Waals surface area contributed by atoms with Crippen molar-refractivity contribution in [1.29, 1.82) is 0 Å². The monoisotopic (exact) mass is 389 g/mol. The zero-order chi connectivity index (χ0) is 19.9. The Morgan fingerprint density at radius 3 is 2.41 bits per heavy atom. The molecule has 0 fully saturated rings. The van der Waals surface area contributed by atoms with Crippen LogP contribution in [-0.4, -0.2) is 28.5 Å². The fourth-order valence-corrected chi connectivity index (χ4v) is 3.69. The van der Waals surface area contributed by atoms with E-state index in [4.69, 9.17) is 0 Å².